The number of nitrogens with two attached hydrogens (primary N) is 1. The minimum Gasteiger partial charge on any atom is -0.598 e. The van der Waals surface area contributed by atoms with Crippen LogP contribution < -0.4 is 74.6 Å². The summed E-state index contributed by atoms with van der Waals surface area (Å²) in [6.45, 7) is 14.9. The molecule has 0 fully saturated rings. The van der Waals surface area contributed by atoms with E-state index in [1.165, 1.54) is 0 Å². The van der Waals surface area contributed by atoms with E-state index in [0.29, 0.717) is 0 Å². The molecule has 0 aromatic rings. The Balaban J connectivity index is -0.0000000153. The largest absolute Gasteiger partial charge is 1.00 e. The first-order chi connectivity index (χ1) is 5.65. The van der Waals surface area contributed by atoms with Crippen molar-refractivity contribution in [2.24, 2.45) is 5.73 Å². The summed E-state index contributed by atoms with van der Waals surface area (Å²) in [6, 6.07) is 0. The van der Waals surface area contributed by atoms with Gasteiger partial charge in [0.2, 0.25) is 0 Å². The molecule has 0 rings (SSSR count). The van der Waals surface area contributed by atoms with Crippen LogP contribution >= 0.6 is 8.25 Å². The molecule has 0 radical (unpaired) electrons. The Morgan fingerprint density at radius 3 is 1.21 bits per heavy atom. The van der Waals surface area contributed by atoms with Crippen molar-refractivity contribution >= 4 is 8.25 Å². The summed E-state index contributed by atoms with van der Waals surface area (Å²) >= 11 is 0. The van der Waals surface area contributed by atoms with Gasteiger partial charge in [-0.05, 0) is 13.0 Å². The summed E-state index contributed by atoms with van der Waals surface area (Å²) in [7, 11) is -3.37. The zero-order chi connectivity index (χ0) is 11.0. The van der Waals surface area contributed by atoms with Crippen molar-refractivity contribution in [1.82, 2.24) is 0 Å². The molecule has 0 saturated heterocycles. The molecule has 0 saturated carbocycles. The summed E-state index contributed by atoms with van der Waals surface area (Å²) in [5.74, 6) is 0. The fraction of sp³-hybridized carbons (Fsp3) is 0.429. The average Bonchev–Trinajstić information content (AvgIpc) is 2.10. The predicted octanol–water partition coefficient (Wildman–Crippen LogP) is -5.67. The van der Waals surface area contributed by atoms with Gasteiger partial charge in [0.15, 0.2) is 0 Å². The molecule has 74 valence electrons. The van der Waals surface area contributed by atoms with E-state index in [9.17, 15) is 0 Å². The third kappa shape index (κ3) is 345. The molecule has 0 atom stereocenters. The number of hydrogen-bond donors (Lipinski definition) is 1. The molecular weight excluding hydrogens is 223 g/mol. The van der Waals surface area contributed by atoms with Crippen molar-refractivity contribution in [3.05, 3.63) is 26.3 Å². The van der Waals surface area contributed by atoms with Gasteiger partial charge in [0.25, 0.3) is 8.25 Å². The Labute approximate surface area is 132 Å². The topological polar surface area (TPSA) is 89.2 Å². The first kappa shape index (κ1) is 36.1. The van der Waals surface area contributed by atoms with E-state index in [-0.39, 0.29) is 59.1 Å². The predicted molar refractivity (Wildman–Crippen MR) is 49.5 cm³/mol. The molecule has 2 N–H and O–H groups in total. The maximum atomic E-state index is 8.48. The second-order valence-electron chi connectivity index (χ2n) is 1.01. The maximum Gasteiger partial charge on any atom is 1.00 e. The molecule has 7 heteroatoms. The first-order valence-electron chi connectivity index (χ1n) is 3.16. The minimum atomic E-state index is -3.37. The van der Waals surface area contributed by atoms with E-state index in [4.69, 9.17) is 20.1 Å². The van der Waals surface area contributed by atoms with E-state index in [0.717, 1.165) is 13.0 Å². The van der Waals surface area contributed by atoms with E-state index in [1.54, 1.807) is 0 Å². The summed E-state index contributed by atoms with van der Waals surface area (Å²) < 4.78 is 8.48. The molecule has 0 aliphatic rings. The van der Waals surface area contributed by atoms with Crippen molar-refractivity contribution in [3.8, 4) is 0 Å². The van der Waals surface area contributed by atoms with Gasteiger partial charge in [0, 0.05) is 0 Å². The molecule has 14 heavy (non-hydrogen) atoms. The molecular formula is C7H17NNa2O3P+. The Hall–Kier alpha value is 1.46. The molecule has 0 unspecified atom stereocenters. The second-order valence-corrected chi connectivity index (χ2v) is 1.46. The van der Waals surface area contributed by atoms with Crippen LogP contribution in [0.4, 0.5) is 0 Å². The average molecular weight is 240 g/mol. The van der Waals surface area contributed by atoms with E-state index in [1.807, 2.05) is 0 Å². The fourth-order valence-electron chi connectivity index (χ4n) is 0. The van der Waals surface area contributed by atoms with E-state index < -0.39 is 8.25 Å². The van der Waals surface area contributed by atoms with Crippen molar-refractivity contribution in [2.45, 2.75) is 13.3 Å². The zero-order valence-electron chi connectivity index (χ0n) is 9.49. The molecule has 0 spiro atoms. The quantitative estimate of drug-likeness (QED) is 0.281. The summed E-state index contributed by atoms with van der Waals surface area (Å²) in [6.07, 6.45) is 1.10. The van der Waals surface area contributed by atoms with Crippen LogP contribution in [0.15, 0.2) is 26.3 Å². The van der Waals surface area contributed by atoms with Crippen LogP contribution in [0.5, 0.6) is 0 Å². The Morgan fingerprint density at radius 1 is 1.14 bits per heavy atom. The van der Waals surface area contributed by atoms with Crippen LogP contribution in [0, 0.1) is 0 Å². The van der Waals surface area contributed by atoms with Crippen molar-refractivity contribution in [2.75, 3.05) is 6.54 Å². The van der Waals surface area contributed by atoms with Gasteiger partial charge in [-0.25, -0.2) is 0 Å². The molecule has 0 aromatic carbocycles. The third-order valence-electron chi connectivity index (χ3n) is 0.289. The Bertz CT molecular complexity index is 81.3. The van der Waals surface area contributed by atoms with Crippen LogP contribution in [-0.4, -0.2) is 6.54 Å². The Kier molecular flexibility index (Phi) is 162. The monoisotopic (exact) mass is 240 g/mol. The number of rotatable bonds is 1. The van der Waals surface area contributed by atoms with Gasteiger partial charge in [-0.2, -0.15) is 0 Å². The van der Waals surface area contributed by atoms with Crippen molar-refractivity contribution in [1.29, 1.82) is 0 Å². The minimum absolute atomic E-state index is 0. The molecule has 0 aliphatic carbocycles. The van der Waals surface area contributed by atoms with Gasteiger partial charge < -0.3 is 15.5 Å². The van der Waals surface area contributed by atoms with Gasteiger partial charge in [0.05, 0.1) is 0 Å². The van der Waals surface area contributed by atoms with Gasteiger partial charge in [-0.15, -0.1) is 26.3 Å². The standard InChI is InChI=1S/C3H9N.2C2H4.2Na.HO3P/c1-2-3-4;2*1-2;;;1-4(2)3/h2-4H2,1H3;2*1-2H2;;;(H,1,2,3)/q;;;2*+1;/p-1. The van der Waals surface area contributed by atoms with Crippen LogP contribution in [0.3, 0.4) is 0 Å². The van der Waals surface area contributed by atoms with E-state index in [2.05, 4.69) is 33.2 Å². The van der Waals surface area contributed by atoms with Crippen LogP contribution in [0.2, 0.25) is 0 Å². The van der Waals surface area contributed by atoms with Crippen molar-refractivity contribution in [3.63, 3.8) is 0 Å². The van der Waals surface area contributed by atoms with Crippen molar-refractivity contribution < 1.29 is 73.5 Å². The molecule has 0 bridgehead atoms. The van der Waals surface area contributed by atoms with E-state index >= 15 is 0 Å². The van der Waals surface area contributed by atoms with Crippen LogP contribution in [0.25, 0.3) is 0 Å². The summed E-state index contributed by atoms with van der Waals surface area (Å²) in [4.78, 5) is 17.0. The van der Waals surface area contributed by atoms with Gasteiger partial charge in [0.1, 0.15) is 0 Å². The molecule has 0 amide bonds. The van der Waals surface area contributed by atoms with Crippen LogP contribution in [0.1, 0.15) is 13.3 Å². The summed E-state index contributed by atoms with van der Waals surface area (Å²) in [5.41, 5.74) is 5.03. The third-order valence-corrected chi connectivity index (χ3v) is 0.289. The SMILES string of the molecule is C=C.C=C.CCCN.O=[P+]([O-])[O-].[Na+].[Na+]. The maximum absolute atomic E-state index is 8.48. The van der Waals surface area contributed by atoms with Gasteiger partial charge in [-0.1, -0.05) is 11.5 Å². The smallest absolute Gasteiger partial charge is 0.598 e. The van der Waals surface area contributed by atoms with Gasteiger partial charge >= 0.3 is 59.1 Å². The molecule has 0 aromatic heterocycles. The summed E-state index contributed by atoms with van der Waals surface area (Å²) in [5, 5.41) is 0. The Morgan fingerprint density at radius 2 is 1.21 bits per heavy atom. The van der Waals surface area contributed by atoms with Gasteiger partial charge in [-0.3, -0.25) is 0 Å². The van der Waals surface area contributed by atoms with Crippen LogP contribution in [-0.2, 0) is 4.57 Å². The number of hydrogen-bond acceptors (Lipinski definition) is 4. The first-order valence-corrected chi connectivity index (χ1v) is 4.26. The molecule has 0 aliphatic heterocycles. The molecule has 0 heterocycles. The zero-order valence-corrected chi connectivity index (χ0v) is 14.4. The normalized spacial score (nSPS) is 4.57. The second kappa shape index (κ2) is 62.8. The molecule has 4 nitrogen and oxygen atoms in total. The fourth-order valence-corrected chi connectivity index (χ4v) is 0.